The summed E-state index contributed by atoms with van der Waals surface area (Å²) in [6.45, 7) is 7.23. The number of morpholine rings is 1. The second-order valence-corrected chi connectivity index (χ2v) is 6.76. The summed E-state index contributed by atoms with van der Waals surface area (Å²) in [6, 6.07) is 7.96. The number of halogens is 1. The van der Waals surface area contributed by atoms with Crippen LogP contribution in [-0.2, 0) is 9.47 Å². The molecule has 1 atom stereocenters. The van der Waals surface area contributed by atoms with Crippen LogP contribution >= 0.6 is 15.9 Å². The van der Waals surface area contributed by atoms with E-state index in [4.69, 9.17) is 9.47 Å². The van der Waals surface area contributed by atoms with Gasteiger partial charge in [0, 0.05) is 11.0 Å². The Morgan fingerprint density at radius 3 is 2.85 bits per heavy atom. The van der Waals surface area contributed by atoms with Crippen LogP contribution < -0.4 is 0 Å². The summed E-state index contributed by atoms with van der Waals surface area (Å²) < 4.78 is 12.2. The van der Waals surface area contributed by atoms with Crippen molar-refractivity contribution >= 4 is 22.0 Å². The second-order valence-electron chi connectivity index (χ2n) is 5.84. The second kappa shape index (κ2) is 6.14. The van der Waals surface area contributed by atoms with Crippen LogP contribution in [-0.4, -0.2) is 36.3 Å². The van der Waals surface area contributed by atoms with Crippen LogP contribution in [0.4, 0.5) is 4.79 Å². The average molecular weight is 342 g/mol. The molecule has 2 rings (SSSR count). The Hall–Kier alpha value is -1.07. The topological polar surface area (TPSA) is 38.8 Å². The van der Waals surface area contributed by atoms with Gasteiger partial charge < -0.3 is 14.4 Å². The van der Waals surface area contributed by atoms with Gasteiger partial charge in [-0.15, -0.1) is 0 Å². The van der Waals surface area contributed by atoms with Gasteiger partial charge in [0.25, 0.3) is 0 Å². The lowest BCUT2D eigenvalue weighted by molar-refractivity contribution is -0.0433. The summed E-state index contributed by atoms with van der Waals surface area (Å²) in [5.74, 6) is 0. The van der Waals surface area contributed by atoms with E-state index in [9.17, 15) is 4.79 Å². The van der Waals surface area contributed by atoms with Crippen molar-refractivity contribution in [1.82, 2.24) is 4.90 Å². The maximum Gasteiger partial charge on any atom is 0.410 e. The first-order valence-electron chi connectivity index (χ1n) is 6.70. The van der Waals surface area contributed by atoms with Crippen LogP contribution in [0.3, 0.4) is 0 Å². The van der Waals surface area contributed by atoms with Gasteiger partial charge in [-0.3, -0.25) is 0 Å². The highest BCUT2D eigenvalue weighted by Crippen LogP contribution is 2.25. The number of amides is 1. The molecule has 1 aliphatic rings. The Kier molecular flexibility index (Phi) is 4.70. The Morgan fingerprint density at radius 2 is 2.20 bits per heavy atom. The van der Waals surface area contributed by atoms with Crippen LogP contribution in [0.15, 0.2) is 28.7 Å². The molecule has 110 valence electrons. The molecular formula is C15H20BrNO3. The van der Waals surface area contributed by atoms with Crippen molar-refractivity contribution in [2.75, 3.05) is 19.7 Å². The van der Waals surface area contributed by atoms with Crippen molar-refractivity contribution in [2.45, 2.75) is 32.5 Å². The van der Waals surface area contributed by atoms with Gasteiger partial charge in [0.15, 0.2) is 0 Å². The Bertz CT molecular complexity index is 484. The quantitative estimate of drug-likeness (QED) is 0.780. The summed E-state index contributed by atoms with van der Waals surface area (Å²) in [5.41, 5.74) is 0.591. The fraction of sp³-hybridized carbons (Fsp3) is 0.533. The first-order chi connectivity index (χ1) is 9.35. The Morgan fingerprint density at radius 1 is 1.45 bits per heavy atom. The molecule has 1 fully saturated rings. The standard InChI is InChI=1S/C15H20BrNO3/c1-15(2,3)20-14(18)17-7-8-19-13(10-17)11-5-4-6-12(16)9-11/h4-6,9,13H,7-8,10H2,1-3H3/t13-/m0/s1. The number of carbonyl (C=O) groups is 1. The lowest BCUT2D eigenvalue weighted by Crippen LogP contribution is -2.44. The van der Waals surface area contributed by atoms with Gasteiger partial charge in [0.1, 0.15) is 11.7 Å². The molecule has 0 radical (unpaired) electrons. The zero-order valence-electron chi connectivity index (χ0n) is 12.1. The van der Waals surface area contributed by atoms with Gasteiger partial charge in [-0.1, -0.05) is 28.1 Å². The monoisotopic (exact) mass is 341 g/mol. The first kappa shape index (κ1) is 15.3. The highest BCUT2D eigenvalue weighted by Gasteiger charge is 2.28. The Balaban J connectivity index is 2.03. The summed E-state index contributed by atoms with van der Waals surface area (Å²) in [7, 11) is 0. The fourth-order valence-electron chi connectivity index (χ4n) is 2.05. The van der Waals surface area contributed by atoms with Crippen LogP contribution in [0.25, 0.3) is 0 Å². The van der Waals surface area contributed by atoms with Gasteiger partial charge in [0.2, 0.25) is 0 Å². The van der Waals surface area contributed by atoms with E-state index in [2.05, 4.69) is 15.9 Å². The third-order valence-electron chi connectivity index (χ3n) is 2.94. The molecule has 1 aromatic rings. The van der Waals surface area contributed by atoms with Gasteiger partial charge in [-0.25, -0.2) is 4.79 Å². The molecule has 1 aromatic carbocycles. The number of benzene rings is 1. The highest BCUT2D eigenvalue weighted by molar-refractivity contribution is 9.10. The molecule has 1 aliphatic heterocycles. The third kappa shape index (κ3) is 4.21. The van der Waals surface area contributed by atoms with Crippen molar-refractivity contribution < 1.29 is 14.3 Å². The van der Waals surface area contributed by atoms with E-state index in [1.807, 2.05) is 45.0 Å². The number of nitrogens with zero attached hydrogens (tertiary/aromatic N) is 1. The van der Waals surface area contributed by atoms with Gasteiger partial charge in [-0.2, -0.15) is 0 Å². The van der Waals surface area contributed by atoms with Crippen LogP contribution in [0, 0.1) is 0 Å². The third-order valence-corrected chi connectivity index (χ3v) is 3.43. The van der Waals surface area contributed by atoms with Gasteiger partial charge in [-0.05, 0) is 38.5 Å². The molecule has 1 heterocycles. The number of hydrogen-bond donors (Lipinski definition) is 0. The van der Waals surface area contributed by atoms with E-state index in [1.165, 1.54) is 0 Å². The smallest absolute Gasteiger partial charge is 0.410 e. The lowest BCUT2D eigenvalue weighted by atomic mass is 10.1. The highest BCUT2D eigenvalue weighted by atomic mass is 79.9. The molecule has 0 bridgehead atoms. The number of rotatable bonds is 1. The molecule has 1 amide bonds. The zero-order chi connectivity index (χ0) is 14.8. The largest absolute Gasteiger partial charge is 0.444 e. The van der Waals surface area contributed by atoms with Crippen molar-refractivity contribution in [3.05, 3.63) is 34.3 Å². The molecular weight excluding hydrogens is 322 g/mol. The number of ether oxygens (including phenoxy) is 2. The number of carbonyl (C=O) groups excluding carboxylic acids is 1. The van der Waals surface area contributed by atoms with Crippen molar-refractivity contribution in [2.24, 2.45) is 0 Å². The van der Waals surface area contributed by atoms with Crippen molar-refractivity contribution in [3.63, 3.8) is 0 Å². The normalized spacial score (nSPS) is 19.8. The predicted octanol–water partition coefficient (Wildman–Crippen LogP) is 3.76. The first-order valence-corrected chi connectivity index (χ1v) is 7.49. The summed E-state index contributed by atoms with van der Waals surface area (Å²) in [6.07, 6.45) is -0.380. The summed E-state index contributed by atoms with van der Waals surface area (Å²) >= 11 is 3.45. The molecule has 0 N–H and O–H groups in total. The summed E-state index contributed by atoms with van der Waals surface area (Å²) in [4.78, 5) is 13.8. The van der Waals surface area contributed by atoms with Crippen molar-refractivity contribution in [3.8, 4) is 0 Å². The molecule has 0 unspecified atom stereocenters. The fourth-order valence-corrected chi connectivity index (χ4v) is 2.47. The lowest BCUT2D eigenvalue weighted by Gasteiger charge is -2.34. The Labute approximate surface area is 128 Å². The van der Waals surface area contributed by atoms with E-state index in [0.29, 0.717) is 19.7 Å². The summed E-state index contributed by atoms with van der Waals surface area (Å²) in [5, 5.41) is 0. The minimum absolute atomic E-state index is 0.103. The molecule has 0 saturated carbocycles. The molecule has 0 aromatic heterocycles. The SMILES string of the molecule is CC(C)(C)OC(=O)N1CCO[C@H](c2cccc(Br)c2)C1. The van der Waals surface area contributed by atoms with Crippen molar-refractivity contribution in [1.29, 1.82) is 0 Å². The molecule has 5 heteroatoms. The molecule has 1 saturated heterocycles. The van der Waals surface area contributed by atoms with Crippen LogP contribution in [0.1, 0.15) is 32.4 Å². The van der Waals surface area contributed by atoms with Crippen LogP contribution in [0.5, 0.6) is 0 Å². The van der Waals surface area contributed by atoms with E-state index in [0.717, 1.165) is 10.0 Å². The minimum atomic E-state index is -0.472. The van der Waals surface area contributed by atoms with Crippen LogP contribution in [0.2, 0.25) is 0 Å². The maximum absolute atomic E-state index is 12.1. The van der Waals surface area contributed by atoms with E-state index in [-0.39, 0.29) is 12.2 Å². The zero-order valence-corrected chi connectivity index (χ0v) is 13.6. The van der Waals surface area contributed by atoms with E-state index in [1.54, 1.807) is 4.90 Å². The molecule has 0 aliphatic carbocycles. The van der Waals surface area contributed by atoms with E-state index < -0.39 is 5.60 Å². The van der Waals surface area contributed by atoms with E-state index >= 15 is 0 Å². The molecule has 0 spiro atoms. The molecule has 20 heavy (non-hydrogen) atoms. The average Bonchev–Trinajstić information content (AvgIpc) is 2.37. The minimum Gasteiger partial charge on any atom is -0.444 e. The number of hydrogen-bond acceptors (Lipinski definition) is 3. The van der Waals surface area contributed by atoms with Gasteiger partial charge >= 0.3 is 6.09 Å². The molecule has 4 nitrogen and oxygen atoms in total. The van der Waals surface area contributed by atoms with Gasteiger partial charge in [0.05, 0.1) is 13.2 Å². The maximum atomic E-state index is 12.1. The predicted molar refractivity (Wildman–Crippen MR) is 80.6 cm³/mol.